The van der Waals surface area contributed by atoms with Gasteiger partial charge >= 0.3 is 0 Å². The monoisotopic (exact) mass is 335 g/mol. The first-order valence-electron chi connectivity index (χ1n) is 8.08. The summed E-state index contributed by atoms with van der Waals surface area (Å²) in [5.41, 5.74) is 0.257. The number of carbonyl (C=O) groups is 2. The molecule has 0 aromatic carbocycles. The Morgan fingerprint density at radius 3 is 2.62 bits per heavy atom. The quantitative estimate of drug-likeness (QED) is 0.793. The van der Waals surface area contributed by atoms with E-state index >= 15 is 0 Å². The predicted molar refractivity (Wildman–Crippen MR) is 89.8 cm³/mol. The number of hydrogen-bond acceptors (Lipinski definition) is 6. The number of amides is 2. The molecule has 0 bridgehead atoms. The highest BCUT2D eigenvalue weighted by Gasteiger charge is 2.38. The predicted octanol–water partition coefficient (Wildman–Crippen LogP) is 0.666. The van der Waals surface area contributed by atoms with Crippen LogP contribution < -0.4 is 10.6 Å². The Morgan fingerprint density at radius 2 is 2.04 bits per heavy atom. The number of rotatable bonds is 6. The minimum Gasteiger partial charge on any atom is -0.386 e. The van der Waals surface area contributed by atoms with Gasteiger partial charge in [-0.2, -0.15) is 0 Å². The normalized spacial score (nSPS) is 20.5. The number of hydrogen-bond donors (Lipinski definition) is 2. The molecule has 0 radical (unpaired) electrons. The van der Waals surface area contributed by atoms with E-state index in [4.69, 9.17) is 4.74 Å². The van der Waals surface area contributed by atoms with E-state index in [9.17, 15) is 9.59 Å². The molecule has 0 saturated carbocycles. The fraction of sp³-hybridized carbons (Fsp3) is 0.625. The Morgan fingerprint density at radius 1 is 1.33 bits per heavy atom. The maximum Gasteiger partial charge on any atom is 0.291 e. The number of anilines is 1. The Kier molecular flexibility index (Phi) is 6.08. The lowest BCUT2D eigenvalue weighted by molar-refractivity contribution is -0.123. The van der Waals surface area contributed by atoms with Crippen LogP contribution in [0.3, 0.4) is 0 Å². The number of likely N-dealkylation sites (tertiary alicyclic amines) is 1. The van der Waals surface area contributed by atoms with E-state index in [1.54, 1.807) is 38.5 Å². The molecule has 0 unspecified atom stereocenters. The third-order valence-corrected chi connectivity index (χ3v) is 4.48. The van der Waals surface area contributed by atoms with Crippen LogP contribution >= 0.6 is 0 Å². The number of aromatic nitrogens is 2. The van der Waals surface area contributed by atoms with Gasteiger partial charge in [0, 0.05) is 34.2 Å². The van der Waals surface area contributed by atoms with Crippen molar-refractivity contribution in [3.05, 3.63) is 18.2 Å². The number of ether oxygens (including phenoxy) is 1. The highest BCUT2D eigenvalue weighted by Crippen LogP contribution is 2.29. The van der Waals surface area contributed by atoms with E-state index in [-0.39, 0.29) is 17.6 Å². The molecule has 8 nitrogen and oxygen atoms in total. The van der Waals surface area contributed by atoms with E-state index in [0.29, 0.717) is 25.9 Å². The molecule has 1 fully saturated rings. The molecular weight excluding hydrogens is 310 g/mol. The highest BCUT2D eigenvalue weighted by molar-refractivity contribution is 5.90. The summed E-state index contributed by atoms with van der Waals surface area (Å²) in [5.74, 6) is -0.0632. The van der Waals surface area contributed by atoms with Crippen molar-refractivity contribution < 1.29 is 14.3 Å². The fourth-order valence-electron chi connectivity index (χ4n) is 2.92. The summed E-state index contributed by atoms with van der Waals surface area (Å²) < 4.78 is 5.70. The Hall–Kier alpha value is -2.22. The van der Waals surface area contributed by atoms with Crippen molar-refractivity contribution in [3.63, 3.8) is 0 Å². The minimum absolute atomic E-state index is 0.0270. The number of nitrogens with one attached hydrogen (secondary N) is 2. The minimum atomic E-state index is -0.495. The molecule has 2 N–H and O–H groups in total. The maximum absolute atomic E-state index is 12.6. The Labute approximate surface area is 142 Å². The molecule has 2 heterocycles. The molecule has 1 aromatic rings. The number of nitrogens with zero attached hydrogens (tertiary/aromatic N) is 3. The first-order chi connectivity index (χ1) is 11.5. The molecule has 2 rings (SSSR count). The van der Waals surface area contributed by atoms with Crippen LogP contribution in [0.15, 0.2) is 12.4 Å². The van der Waals surface area contributed by atoms with Crippen molar-refractivity contribution >= 4 is 17.5 Å². The van der Waals surface area contributed by atoms with Gasteiger partial charge in [-0.05, 0) is 19.3 Å². The maximum atomic E-state index is 12.6. The van der Waals surface area contributed by atoms with Gasteiger partial charge in [0.05, 0.1) is 30.2 Å². The van der Waals surface area contributed by atoms with Crippen LogP contribution in [-0.2, 0) is 9.53 Å². The average Bonchev–Trinajstić information content (AvgIpc) is 2.65. The summed E-state index contributed by atoms with van der Waals surface area (Å²) >= 11 is 0. The lowest BCUT2D eigenvalue weighted by Crippen LogP contribution is -2.52. The van der Waals surface area contributed by atoms with Crippen LogP contribution in [0.4, 0.5) is 5.69 Å². The first kappa shape index (κ1) is 18.1. The third-order valence-electron chi connectivity index (χ3n) is 4.48. The topological polar surface area (TPSA) is 96.5 Å². The molecule has 1 aliphatic heterocycles. The number of piperidine rings is 1. The van der Waals surface area contributed by atoms with Crippen LogP contribution in [-0.4, -0.2) is 66.6 Å². The second-order valence-electron chi connectivity index (χ2n) is 5.94. The fourth-order valence-corrected chi connectivity index (χ4v) is 2.92. The molecule has 1 atom stereocenters. The van der Waals surface area contributed by atoms with Crippen molar-refractivity contribution in [1.82, 2.24) is 20.2 Å². The average molecular weight is 335 g/mol. The van der Waals surface area contributed by atoms with Gasteiger partial charge in [-0.1, -0.05) is 0 Å². The van der Waals surface area contributed by atoms with E-state index in [2.05, 4.69) is 20.6 Å². The molecule has 1 aliphatic rings. The van der Waals surface area contributed by atoms with Crippen LogP contribution in [0.25, 0.3) is 0 Å². The second-order valence-corrected chi connectivity index (χ2v) is 5.94. The molecule has 24 heavy (non-hydrogen) atoms. The van der Waals surface area contributed by atoms with Crippen LogP contribution in [0.5, 0.6) is 0 Å². The first-order valence-corrected chi connectivity index (χ1v) is 8.08. The lowest BCUT2D eigenvalue weighted by atomic mass is 9.87. The zero-order chi connectivity index (χ0) is 17.6. The van der Waals surface area contributed by atoms with Crippen molar-refractivity contribution in [2.45, 2.75) is 31.3 Å². The molecular formula is C16H25N5O3. The third kappa shape index (κ3) is 4.19. The Bertz CT molecular complexity index is 578. The van der Waals surface area contributed by atoms with E-state index < -0.39 is 5.60 Å². The number of methoxy groups -OCH3 is 1. The van der Waals surface area contributed by atoms with Crippen molar-refractivity contribution in [1.29, 1.82) is 0 Å². The van der Waals surface area contributed by atoms with Gasteiger partial charge in [0.2, 0.25) is 11.7 Å². The van der Waals surface area contributed by atoms with Gasteiger partial charge in [0.25, 0.3) is 5.91 Å². The highest BCUT2D eigenvalue weighted by atomic mass is 16.5. The smallest absolute Gasteiger partial charge is 0.291 e. The largest absolute Gasteiger partial charge is 0.386 e. The van der Waals surface area contributed by atoms with Crippen LogP contribution in [0, 0.1) is 0 Å². The lowest BCUT2D eigenvalue weighted by Gasteiger charge is -2.41. The SMILES string of the molecule is CNC(=O)CC[C@@]1(OC)CCCN(C(=O)c2ncc(NC)cn2)C1. The summed E-state index contributed by atoms with van der Waals surface area (Å²) in [6, 6.07) is 0. The van der Waals surface area contributed by atoms with Crippen LogP contribution in [0.2, 0.25) is 0 Å². The molecule has 0 spiro atoms. The summed E-state index contributed by atoms with van der Waals surface area (Å²) in [6.07, 6.45) is 5.76. The standard InChI is InChI=1S/C16H25N5O3/c1-17-12-9-19-14(20-10-12)15(23)21-8-4-6-16(11-21,24-3)7-5-13(22)18-2/h9-10,17H,4-8,11H2,1-3H3,(H,18,22)/t16-/m0/s1. The second kappa shape index (κ2) is 8.05. The zero-order valence-electron chi connectivity index (χ0n) is 14.5. The summed E-state index contributed by atoms with van der Waals surface area (Å²) in [6.45, 7) is 1.08. The molecule has 1 aromatic heterocycles. The van der Waals surface area contributed by atoms with Gasteiger partial charge in [-0.3, -0.25) is 9.59 Å². The van der Waals surface area contributed by atoms with Crippen molar-refractivity contribution in [2.24, 2.45) is 0 Å². The van der Waals surface area contributed by atoms with E-state index in [0.717, 1.165) is 18.5 Å². The molecule has 8 heteroatoms. The van der Waals surface area contributed by atoms with Gasteiger partial charge < -0.3 is 20.3 Å². The zero-order valence-corrected chi connectivity index (χ0v) is 14.5. The van der Waals surface area contributed by atoms with Gasteiger partial charge in [-0.25, -0.2) is 9.97 Å². The Balaban J connectivity index is 2.06. The van der Waals surface area contributed by atoms with Gasteiger partial charge in [0.1, 0.15) is 0 Å². The van der Waals surface area contributed by atoms with E-state index in [1.165, 1.54) is 0 Å². The van der Waals surface area contributed by atoms with Gasteiger partial charge in [-0.15, -0.1) is 0 Å². The van der Waals surface area contributed by atoms with Crippen LogP contribution in [0.1, 0.15) is 36.3 Å². The van der Waals surface area contributed by atoms with Crippen molar-refractivity contribution in [3.8, 4) is 0 Å². The van der Waals surface area contributed by atoms with Gasteiger partial charge in [0.15, 0.2) is 0 Å². The van der Waals surface area contributed by atoms with Crippen molar-refractivity contribution in [2.75, 3.05) is 39.6 Å². The summed E-state index contributed by atoms with van der Waals surface area (Å²) in [7, 11) is 5.02. The van der Waals surface area contributed by atoms with E-state index in [1.807, 2.05) is 0 Å². The molecule has 1 saturated heterocycles. The molecule has 2 amide bonds. The molecule has 0 aliphatic carbocycles. The summed E-state index contributed by atoms with van der Waals surface area (Å²) in [5, 5.41) is 5.54. The summed E-state index contributed by atoms with van der Waals surface area (Å²) in [4.78, 5) is 34.1. The molecule has 132 valence electrons. The number of carbonyl (C=O) groups excluding carboxylic acids is 2.